The molecule has 0 saturated heterocycles. The maximum atomic E-state index is 3.61. The molecule has 1 atom stereocenters. The first kappa shape index (κ1) is 7.15. The van der Waals surface area contributed by atoms with Gasteiger partial charge in [-0.15, -0.1) is 0 Å². The van der Waals surface area contributed by atoms with Crippen molar-refractivity contribution in [3.8, 4) is 0 Å². The van der Waals surface area contributed by atoms with Crippen LogP contribution < -0.4 is 0 Å². The number of hydrogen-bond donors (Lipinski definition) is 0. The molecule has 1 heteroatoms. The zero-order valence-corrected chi connectivity index (χ0v) is 7.94. The molecular weight excluding hydrogens is 188 g/mol. The lowest BCUT2D eigenvalue weighted by Crippen LogP contribution is -2.31. The van der Waals surface area contributed by atoms with Gasteiger partial charge >= 0.3 is 0 Å². The molecule has 0 N–H and O–H groups in total. The molecule has 0 amide bonds. The minimum atomic E-state index is 1.03. The van der Waals surface area contributed by atoms with Gasteiger partial charge in [0.15, 0.2) is 0 Å². The highest BCUT2D eigenvalue weighted by molar-refractivity contribution is 9.09. The second-order valence-corrected chi connectivity index (χ2v) is 4.58. The maximum absolute atomic E-state index is 3.61. The Labute approximate surface area is 71.5 Å². The SMILES string of the molecule is BrC[C@H]1CC2CCC1CC2. The van der Waals surface area contributed by atoms with E-state index in [9.17, 15) is 0 Å². The van der Waals surface area contributed by atoms with Crippen molar-refractivity contribution >= 4 is 15.9 Å². The van der Waals surface area contributed by atoms with Gasteiger partial charge in [0.1, 0.15) is 0 Å². The van der Waals surface area contributed by atoms with Gasteiger partial charge in [0.2, 0.25) is 0 Å². The predicted molar refractivity (Wildman–Crippen MR) is 47.3 cm³/mol. The normalized spacial score (nSPS) is 45.9. The second-order valence-electron chi connectivity index (χ2n) is 3.93. The van der Waals surface area contributed by atoms with Crippen LogP contribution in [0.1, 0.15) is 32.1 Å². The summed E-state index contributed by atoms with van der Waals surface area (Å²) in [5, 5.41) is 1.26. The van der Waals surface area contributed by atoms with Crippen LogP contribution in [-0.4, -0.2) is 5.33 Å². The lowest BCUT2D eigenvalue weighted by molar-refractivity contribution is 0.115. The fourth-order valence-corrected chi connectivity index (χ4v) is 3.50. The molecule has 3 rings (SSSR count). The minimum Gasteiger partial charge on any atom is -0.0925 e. The van der Waals surface area contributed by atoms with Crippen LogP contribution >= 0.6 is 15.9 Å². The summed E-state index contributed by atoms with van der Waals surface area (Å²) >= 11 is 3.61. The van der Waals surface area contributed by atoms with Crippen LogP contribution in [0, 0.1) is 17.8 Å². The highest BCUT2D eigenvalue weighted by atomic mass is 79.9. The van der Waals surface area contributed by atoms with E-state index in [1.54, 1.807) is 0 Å². The molecule has 0 aromatic rings. The molecule has 0 nitrogen and oxygen atoms in total. The van der Waals surface area contributed by atoms with E-state index in [2.05, 4.69) is 15.9 Å². The average Bonchev–Trinajstić information content (AvgIpc) is 2.06. The predicted octanol–water partition coefficient (Wildman–Crippen LogP) is 3.21. The standard InChI is InChI=1S/C9H15Br/c10-6-9-5-7-1-3-8(9)4-2-7/h7-9H,1-6H2/t7?,8?,9-/m1/s1. The minimum absolute atomic E-state index is 1.03. The zero-order valence-electron chi connectivity index (χ0n) is 6.35. The Morgan fingerprint density at radius 3 is 2.10 bits per heavy atom. The molecule has 0 radical (unpaired) electrons. The van der Waals surface area contributed by atoms with Gasteiger partial charge in [-0.1, -0.05) is 28.8 Å². The van der Waals surface area contributed by atoms with Gasteiger partial charge in [0, 0.05) is 5.33 Å². The van der Waals surface area contributed by atoms with E-state index >= 15 is 0 Å². The van der Waals surface area contributed by atoms with Crippen LogP contribution in [0.15, 0.2) is 0 Å². The van der Waals surface area contributed by atoms with Gasteiger partial charge in [-0.25, -0.2) is 0 Å². The molecular formula is C9H15Br. The largest absolute Gasteiger partial charge is 0.0925 e. The Kier molecular flexibility index (Phi) is 2.03. The lowest BCUT2D eigenvalue weighted by Gasteiger charge is -2.41. The van der Waals surface area contributed by atoms with Crippen LogP contribution in [0.3, 0.4) is 0 Å². The molecule has 0 aromatic carbocycles. The number of halogens is 1. The van der Waals surface area contributed by atoms with E-state index in [4.69, 9.17) is 0 Å². The lowest BCUT2D eigenvalue weighted by atomic mass is 9.65. The summed E-state index contributed by atoms with van der Waals surface area (Å²) in [5.41, 5.74) is 0. The van der Waals surface area contributed by atoms with Gasteiger partial charge in [-0.3, -0.25) is 0 Å². The number of hydrogen-bond acceptors (Lipinski definition) is 0. The molecule has 2 bridgehead atoms. The number of rotatable bonds is 1. The molecule has 0 aliphatic heterocycles. The first-order valence-electron chi connectivity index (χ1n) is 4.46. The summed E-state index contributed by atoms with van der Waals surface area (Å²) in [4.78, 5) is 0. The van der Waals surface area contributed by atoms with E-state index in [0.717, 1.165) is 17.8 Å². The van der Waals surface area contributed by atoms with Crippen molar-refractivity contribution in [1.82, 2.24) is 0 Å². The van der Waals surface area contributed by atoms with E-state index in [1.807, 2.05) is 0 Å². The Morgan fingerprint density at radius 1 is 1.10 bits per heavy atom. The van der Waals surface area contributed by atoms with E-state index in [1.165, 1.54) is 37.4 Å². The van der Waals surface area contributed by atoms with Crippen molar-refractivity contribution in [3.05, 3.63) is 0 Å². The summed E-state index contributed by atoms with van der Waals surface area (Å²) in [6.07, 6.45) is 7.65. The Bertz CT molecular complexity index is 114. The maximum Gasteiger partial charge on any atom is 0.00624 e. The third kappa shape index (κ3) is 1.13. The fraction of sp³-hybridized carbons (Fsp3) is 1.00. The van der Waals surface area contributed by atoms with E-state index in [-0.39, 0.29) is 0 Å². The summed E-state index contributed by atoms with van der Waals surface area (Å²) in [7, 11) is 0. The van der Waals surface area contributed by atoms with Crippen LogP contribution in [0.25, 0.3) is 0 Å². The van der Waals surface area contributed by atoms with Crippen molar-refractivity contribution in [2.75, 3.05) is 5.33 Å². The molecule has 0 heterocycles. The first-order chi connectivity index (χ1) is 4.90. The van der Waals surface area contributed by atoms with Crippen LogP contribution in [0.5, 0.6) is 0 Å². The first-order valence-corrected chi connectivity index (χ1v) is 5.58. The summed E-state index contributed by atoms with van der Waals surface area (Å²) in [6, 6.07) is 0. The van der Waals surface area contributed by atoms with Crippen molar-refractivity contribution in [2.24, 2.45) is 17.8 Å². The highest BCUT2D eigenvalue weighted by Crippen LogP contribution is 2.45. The number of fused-ring (bicyclic) bond motifs is 3. The van der Waals surface area contributed by atoms with Gasteiger partial charge in [0.05, 0.1) is 0 Å². The molecule has 0 spiro atoms. The highest BCUT2D eigenvalue weighted by Gasteiger charge is 2.34. The summed E-state index contributed by atoms with van der Waals surface area (Å²) in [6.45, 7) is 0. The average molecular weight is 203 g/mol. The number of alkyl halides is 1. The van der Waals surface area contributed by atoms with Crippen LogP contribution in [-0.2, 0) is 0 Å². The third-order valence-electron chi connectivity index (χ3n) is 3.39. The topological polar surface area (TPSA) is 0 Å². The fourth-order valence-electron chi connectivity index (χ4n) is 2.70. The summed E-state index contributed by atoms with van der Waals surface area (Å²) in [5.74, 6) is 3.23. The Morgan fingerprint density at radius 2 is 1.80 bits per heavy atom. The molecule has 3 aliphatic rings. The van der Waals surface area contributed by atoms with Crippen LogP contribution in [0.2, 0.25) is 0 Å². The third-order valence-corrected chi connectivity index (χ3v) is 4.22. The molecule has 10 heavy (non-hydrogen) atoms. The quantitative estimate of drug-likeness (QED) is 0.574. The molecule has 3 fully saturated rings. The van der Waals surface area contributed by atoms with E-state index < -0.39 is 0 Å². The Balaban J connectivity index is 2.01. The van der Waals surface area contributed by atoms with Gasteiger partial charge in [-0.2, -0.15) is 0 Å². The molecule has 0 aromatic heterocycles. The van der Waals surface area contributed by atoms with Gasteiger partial charge in [0.25, 0.3) is 0 Å². The van der Waals surface area contributed by atoms with Gasteiger partial charge in [-0.05, 0) is 37.0 Å². The Hall–Kier alpha value is 0.480. The van der Waals surface area contributed by atoms with Crippen LogP contribution in [0.4, 0.5) is 0 Å². The molecule has 0 unspecified atom stereocenters. The van der Waals surface area contributed by atoms with Crippen molar-refractivity contribution in [1.29, 1.82) is 0 Å². The van der Waals surface area contributed by atoms with Gasteiger partial charge < -0.3 is 0 Å². The van der Waals surface area contributed by atoms with Crippen molar-refractivity contribution in [3.63, 3.8) is 0 Å². The summed E-state index contributed by atoms with van der Waals surface area (Å²) < 4.78 is 0. The molecule has 3 saturated carbocycles. The monoisotopic (exact) mass is 202 g/mol. The molecule has 58 valence electrons. The van der Waals surface area contributed by atoms with Crippen molar-refractivity contribution < 1.29 is 0 Å². The van der Waals surface area contributed by atoms with E-state index in [0.29, 0.717) is 0 Å². The molecule has 3 aliphatic carbocycles. The van der Waals surface area contributed by atoms with Crippen molar-refractivity contribution in [2.45, 2.75) is 32.1 Å². The smallest absolute Gasteiger partial charge is 0.00624 e. The second kappa shape index (κ2) is 2.84. The zero-order chi connectivity index (χ0) is 6.97.